The standard InChI is InChI=1S/C19H24BNO2S2/c1-18(2)19(3,4)23-20(22-18)16-13-14(21-24-5)11-12-17(16)25-15-9-7-6-8-10-15/h6-13,21H,1-5H3. The van der Waals surface area contributed by atoms with Crippen LogP contribution in [-0.4, -0.2) is 24.6 Å². The summed E-state index contributed by atoms with van der Waals surface area (Å²) in [4.78, 5) is 2.35. The van der Waals surface area contributed by atoms with Crippen LogP contribution >= 0.6 is 23.7 Å². The maximum absolute atomic E-state index is 6.29. The number of rotatable bonds is 5. The second-order valence-electron chi connectivity index (χ2n) is 7.06. The molecule has 3 rings (SSSR count). The number of anilines is 1. The van der Waals surface area contributed by atoms with Gasteiger partial charge in [-0.15, -0.1) is 0 Å². The topological polar surface area (TPSA) is 30.5 Å². The lowest BCUT2D eigenvalue weighted by Crippen LogP contribution is -2.41. The van der Waals surface area contributed by atoms with Gasteiger partial charge in [0.15, 0.2) is 0 Å². The molecule has 2 aromatic rings. The maximum Gasteiger partial charge on any atom is 0.496 e. The number of benzene rings is 2. The molecule has 6 heteroatoms. The molecule has 25 heavy (non-hydrogen) atoms. The summed E-state index contributed by atoms with van der Waals surface area (Å²) in [6, 6.07) is 16.7. The largest absolute Gasteiger partial charge is 0.496 e. The van der Waals surface area contributed by atoms with Crippen molar-refractivity contribution in [3.63, 3.8) is 0 Å². The van der Waals surface area contributed by atoms with E-state index in [-0.39, 0.29) is 18.3 Å². The second kappa shape index (κ2) is 7.27. The van der Waals surface area contributed by atoms with Crippen molar-refractivity contribution in [1.29, 1.82) is 0 Å². The minimum Gasteiger partial charge on any atom is -0.399 e. The van der Waals surface area contributed by atoms with Crippen LogP contribution in [0.5, 0.6) is 0 Å². The van der Waals surface area contributed by atoms with Gasteiger partial charge in [-0.05, 0) is 63.5 Å². The van der Waals surface area contributed by atoms with Gasteiger partial charge in [0.1, 0.15) is 0 Å². The van der Waals surface area contributed by atoms with Gasteiger partial charge < -0.3 is 14.0 Å². The summed E-state index contributed by atoms with van der Waals surface area (Å²) in [5.41, 5.74) is 1.41. The molecule has 1 aliphatic heterocycles. The lowest BCUT2D eigenvalue weighted by atomic mass is 9.79. The first-order chi connectivity index (χ1) is 11.8. The summed E-state index contributed by atoms with van der Waals surface area (Å²) >= 11 is 3.31. The SMILES string of the molecule is CSNc1ccc(Sc2ccccc2)c(B2OC(C)(C)C(C)(C)O2)c1. The summed E-state index contributed by atoms with van der Waals surface area (Å²) in [6.45, 7) is 8.34. The van der Waals surface area contributed by atoms with E-state index in [2.05, 4.69) is 74.9 Å². The molecule has 0 aliphatic carbocycles. The highest BCUT2D eigenvalue weighted by Crippen LogP contribution is 2.38. The minimum atomic E-state index is -0.375. The van der Waals surface area contributed by atoms with Crippen LogP contribution in [0.3, 0.4) is 0 Å². The average Bonchev–Trinajstić information content (AvgIpc) is 2.78. The van der Waals surface area contributed by atoms with E-state index in [1.54, 1.807) is 23.7 Å². The maximum atomic E-state index is 6.29. The van der Waals surface area contributed by atoms with Gasteiger partial charge in [-0.25, -0.2) is 0 Å². The molecule has 1 fully saturated rings. The zero-order chi connectivity index (χ0) is 18.1. The zero-order valence-corrected chi connectivity index (χ0v) is 17.0. The quantitative estimate of drug-likeness (QED) is 0.599. The van der Waals surface area contributed by atoms with Crippen LogP contribution in [0.15, 0.2) is 58.3 Å². The molecule has 0 spiro atoms. The highest BCUT2D eigenvalue weighted by Gasteiger charge is 2.52. The molecule has 1 saturated heterocycles. The Morgan fingerprint density at radius 2 is 1.56 bits per heavy atom. The van der Waals surface area contributed by atoms with Crippen molar-refractivity contribution in [3.05, 3.63) is 48.5 Å². The van der Waals surface area contributed by atoms with E-state index in [1.807, 2.05) is 12.3 Å². The van der Waals surface area contributed by atoms with Crippen LogP contribution < -0.4 is 10.2 Å². The Morgan fingerprint density at radius 1 is 0.920 bits per heavy atom. The van der Waals surface area contributed by atoms with E-state index in [1.165, 1.54) is 4.90 Å². The van der Waals surface area contributed by atoms with E-state index in [9.17, 15) is 0 Å². The van der Waals surface area contributed by atoms with Gasteiger partial charge in [-0.1, -0.05) is 41.9 Å². The Hall–Kier alpha value is -1.08. The normalized spacial score (nSPS) is 18.4. The lowest BCUT2D eigenvalue weighted by Gasteiger charge is -2.32. The predicted octanol–water partition coefficient (Wildman–Crippen LogP) is 4.83. The van der Waals surface area contributed by atoms with Crippen LogP contribution in [-0.2, 0) is 9.31 Å². The Kier molecular flexibility index (Phi) is 5.44. The third kappa shape index (κ3) is 4.03. The lowest BCUT2D eigenvalue weighted by molar-refractivity contribution is 0.00578. The molecule has 132 valence electrons. The molecule has 1 aliphatic rings. The van der Waals surface area contributed by atoms with Gasteiger partial charge in [0.05, 0.1) is 11.2 Å². The van der Waals surface area contributed by atoms with Gasteiger partial charge in [0.2, 0.25) is 0 Å². The molecule has 0 amide bonds. The summed E-state index contributed by atoms with van der Waals surface area (Å²) in [5.74, 6) is 0. The smallest absolute Gasteiger partial charge is 0.399 e. The van der Waals surface area contributed by atoms with Gasteiger partial charge in [0.25, 0.3) is 0 Å². The molecule has 1 heterocycles. The molecule has 0 bridgehead atoms. The number of hydrogen-bond acceptors (Lipinski definition) is 5. The molecule has 0 radical (unpaired) electrons. The van der Waals surface area contributed by atoms with Crippen LogP contribution in [0.25, 0.3) is 0 Å². The second-order valence-corrected chi connectivity index (χ2v) is 8.79. The van der Waals surface area contributed by atoms with Gasteiger partial charge in [-0.2, -0.15) is 0 Å². The van der Waals surface area contributed by atoms with Crippen molar-refractivity contribution in [2.24, 2.45) is 0 Å². The van der Waals surface area contributed by atoms with E-state index >= 15 is 0 Å². The van der Waals surface area contributed by atoms with Crippen molar-refractivity contribution in [1.82, 2.24) is 0 Å². The molecule has 0 aromatic heterocycles. The third-order valence-electron chi connectivity index (χ3n) is 4.71. The predicted molar refractivity (Wildman–Crippen MR) is 110 cm³/mol. The van der Waals surface area contributed by atoms with E-state index in [4.69, 9.17) is 9.31 Å². The Bertz CT molecular complexity index is 721. The van der Waals surface area contributed by atoms with Crippen LogP contribution in [0, 0.1) is 0 Å². The molecule has 1 N–H and O–H groups in total. The average molecular weight is 373 g/mol. The third-order valence-corrected chi connectivity index (χ3v) is 6.25. The molecule has 0 saturated carbocycles. The van der Waals surface area contributed by atoms with E-state index in [0.717, 1.165) is 16.0 Å². The fourth-order valence-corrected chi connectivity index (χ4v) is 3.91. The van der Waals surface area contributed by atoms with Crippen molar-refractivity contribution in [2.75, 3.05) is 11.0 Å². The highest BCUT2D eigenvalue weighted by atomic mass is 32.2. The van der Waals surface area contributed by atoms with Crippen molar-refractivity contribution < 1.29 is 9.31 Å². The first-order valence-electron chi connectivity index (χ1n) is 8.34. The summed E-state index contributed by atoms with van der Waals surface area (Å²) < 4.78 is 15.9. The monoisotopic (exact) mass is 373 g/mol. The summed E-state index contributed by atoms with van der Waals surface area (Å²) in [7, 11) is -0.375. The zero-order valence-electron chi connectivity index (χ0n) is 15.3. The van der Waals surface area contributed by atoms with Gasteiger partial charge in [0, 0.05) is 21.7 Å². The van der Waals surface area contributed by atoms with E-state index in [0.29, 0.717) is 0 Å². The van der Waals surface area contributed by atoms with Crippen LogP contribution in [0.1, 0.15) is 27.7 Å². The van der Waals surface area contributed by atoms with Gasteiger partial charge >= 0.3 is 7.12 Å². The molecular weight excluding hydrogens is 349 g/mol. The number of nitrogens with one attached hydrogen (secondary N) is 1. The fraction of sp³-hybridized carbons (Fsp3) is 0.368. The molecule has 3 nitrogen and oxygen atoms in total. The van der Waals surface area contributed by atoms with E-state index < -0.39 is 0 Å². The first kappa shape index (κ1) is 18.7. The van der Waals surface area contributed by atoms with Crippen molar-refractivity contribution in [3.8, 4) is 0 Å². The first-order valence-corrected chi connectivity index (χ1v) is 10.4. The highest BCUT2D eigenvalue weighted by molar-refractivity contribution is 8.00. The van der Waals surface area contributed by atoms with Crippen molar-refractivity contribution in [2.45, 2.75) is 48.7 Å². The van der Waals surface area contributed by atoms with Crippen LogP contribution in [0.4, 0.5) is 5.69 Å². The Balaban J connectivity index is 1.96. The van der Waals surface area contributed by atoms with Crippen LogP contribution in [0.2, 0.25) is 0 Å². The van der Waals surface area contributed by atoms with Gasteiger partial charge in [-0.3, -0.25) is 0 Å². The summed E-state index contributed by atoms with van der Waals surface area (Å²) in [6.07, 6.45) is 2.01. The number of hydrogen-bond donors (Lipinski definition) is 1. The van der Waals surface area contributed by atoms with Crippen molar-refractivity contribution >= 4 is 42.0 Å². The summed E-state index contributed by atoms with van der Waals surface area (Å²) in [5, 5.41) is 0. The minimum absolute atomic E-state index is 0.352. The Morgan fingerprint density at radius 3 is 2.16 bits per heavy atom. The molecule has 2 aromatic carbocycles. The molecule has 0 unspecified atom stereocenters. The fourth-order valence-electron chi connectivity index (χ4n) is 2.59. The molecular formula is C19H24BNO2S2. The Labute approximate surface area is 159 Å². The molecule has 0 atom stereocenters.